The number of nitrogens with one attached hydrogen (secondary N) is 1. The first-order chi connectivity index (χ1) is 8.20. The fourth-order valence-electron chi connectivity index (χ4n) is 1.44. The quantitative estimate of drug-likeness (QED) is 0.750. The highest BCUT2D eigenvalue weighted by molar-refractivity contribution is 5.68. The number of rotatable bonds is 3. The predicted molar refractivity (Wildman–Crippen MR) is 69.3 cm³/mol. The number of methoxy groups -OCH3 is 1. The summed E-state index contributed by atoms with van der Waals surface area (Å²) >= 11 is 0. The Bertz CT molecular complexity index is 528. The lowest BCUT2D eigenvalue weighted by atomic mass is 10.3. The maximum Gasteiger partial charge on any atom is 0.149 e. The fraction of sp³-hybridized carbons (Fsp3) is 0.0833. The van der Waals surface area contributed by atoms with Crippen LogP contribution in [-0.2, 0) is 0 Å². The molecule has 0 aliphatic carbocycles. The van der Waals surface area contributed by atoms with Crippen molar-refractivity contribution in [3.05, 3.63) is 36.4 Å². The molecule has 2 rings (SSSR count). The van der Waals surface area contributed by atoms with Crippen LogP contribution in [0, 0.1) is 0 Å². The Morgan fingerprint density at radius 3 is 2.59 bits per heavy atom. The van der Waals surface area contributed by atoms with Gasteiger partial charge >= 0.3 is 0 Å². The Balaban J connectivity index is 2.28. The summed E-state index contributed by atoms with van der Waals surface area (Å²) < 4.78 is 5.23. The molecule has 2 aromatic rings. The largest absolute Gasteiger partial charge is 0.495 e. The van der Waals surface area contributed by atoms with E-state index in [-0.39, 0.29) is 0 Å². The van der Waals surface area contributed by atoms with Crippen molar-refractivity contribution in [2.24, 2.45) is 0 Å². The molecule has 0 aliphatic heterocycles. The number of para-hydroxylation sites is 2. The Hall–Kier alpha value is -2.43. The van der Waals surface area contributed by atoms with Gasteiger partial charge in [0, 0.05) is 0 Å². The monoisotopic (exact) mass is 230 g/mol. The molecular formula is C12H14N4O. The standard InChI is InChI=1S/C12H14N4O/c1-17-10-5-3-2-4-9(10)15-11-7-6-8(13)12(14)16-11/h2-7H,13H2,1H3,(H3,14,15,16). The zero-order valence-electron chi connectivity index (χ0n) is 9.47. The number of nitrogens with two attached hydrogens (primary N) is 2. The van der Waals surface area contributed by atoms with Gasteiger partial charge in [0.15, 0.2) is 0 Å². The van der Waals surface area contributed by atoms with Crippen molar-refractivity contribution in [3.8, 4) is 5.75 Å². The van der Waals surface area contributed by atoms with Gasteiger partial charge in [-0.3, -0.25) is 0 Å². The molecule has 0 amide bonds. The average molecular weight is 230 g/mol. The van der Waals surface area contributed by atoms with Gasteiger partial charge in [0.05, 0.1) is 18.5 Å². The molecule has 88 valence electrons. The first-order valence-electron chi connectivity index (χ1n) is 5.12. The van der Waals surface area contributed by atoms with Crippen molar-refractivity contribution in [1.82, 2.24) is 4.98 Å². The summed E-state index contributed by atoms with van der Waals surface area (Å²) in [6.45, 7) is 0. The van der Waals surface area contributed by atoms with E-state index < -0.39 is 0 Å². The number of nitrogen functional groups attached to an aromatic ring is 2. The Morgan fingerprint density at radius 1 is 1.12 bits per heavy atom. The van der Waals surface area contributed by atoms with E-state index in [1.165, 1.54) is 0 Å². The Kier molecular flexibility index (Phi) is 3.00. The van der Waals surface area contributed by atoms with Crippen LogP contribution in [0.3, 0.4) is 0 Å². The lowest BCUT2D eigenvalue weighted by Gasteiger charge is -2.10. The number of anilines is 4. The first-order valence-corrected chi connectivity index (χ1v) is 5.12. The van der Waals surface area contributed by atoms with Gasteiger partial charge in [-0.15, -0.1) is 0 Å². The third-order valence-corrected chi connectivity index (χ3v) is 2.33. The minimum atomic E-state index is 0.310. The molecule has 0 fully saturated rings. The molecule has 1 aromatic carbocycles. The van der Waals surface area contributed by atoms with Crippen molar-refractivity contribution in [2.75, 3.05) is 23.9 Å². The van der Waals surface area contributed by atoms with Gasteiger partial charge in [0.2, 0.25) is 0 Å². The van der Waals surface area contributed by atoms with Crippen LogP contribution >= 0.6 is 0 Å². The lowest BCUT2D eigenvalue weighted by molar-refractivity contribution is 0.417. The van der Waals surface area contributed by atoms with Crippen molar-refractivity contribution in [2.45, 2.75) is 0 Å². The molecular weight excluding hydrogens is 216 g/mol. The zero-order valence-corrected chi connectivity index (χ0v) is 9.47. The zero-order chi connectivity index (χ0) is 12.3. The second-order valence-electron chi connectivity index (χ2n) is 3.50. The second kappa shape index (κ2) is 4.61. The third-order valence-electron chi connectivity index (χ3n) is 2.33. The summed E-state index contributed by atoms with van der Waals surface area (Å²) in [4.78, 5) is 4.13. The first kappa shape index (κ1) is 11.1. The van der Waals surface area contributed by atoms with Crippen molar-refractivity contribution >= 4 is 23.0 Å². The van der Waals surface area contributed by atoms with E-state index >= 15 is 0 Å². The highest BCUT2D eigenvalue weighted by atomic mass is 16.5. The Morgan fingerprint density at radius 2 is 1.88 bits per heavy atom. The van der Waals surface area contributed by atoms with Crippen LogP contribution in [0.1, 0.15) is 0 Å². The summed E-state index contributed by atoms with van der Waals surface area (Å²) in [5.41, 5.74) is 12.5. The van der Waals surface area contributed by atoms with Gasteiger partial charge in [-0.05, 0) is 24.3 Å². The van der Waals surface area contributed by atoms with Crippen LogP contribution in [0.4, 0.5) is 23.0 Å². The van der Waals surface area contributed by atoms with Gasteiger partial charge in [0.25, 0.3) is 0 Å². The molecule has 1 heterocycles. The maximum absolute atomic E-state index is 5.64. The molecule has 0 atom stereocenters. The molecule has 0 spiro atoms. The van der Waals surface area contributed by atoms with Crippen molar-refractivity contribution in [3.63, 3.8) is 0 Å². The van der Waals surface area contributed by atoms with E-state index in [2.05, 4.69) is 10.3 Å². The van der Waals surface area contributed by atoms with E-state index in [0.717, 1.165) is 11.4 Å². The third kappa shape index (κ3) is 2.39. The van der Waals surface area contributed by atoms with E-state index in [0.29, 0.717) is 17.3 Å². The lowest BCUT2D eigenvalue weighted by Crippen LogP contribution is -2.01. The molecule has 1 aromatic heterocycles. The minimum Gasteiger partial charge on any atom is -0.495 e. The minimum absolute atomic E-state index is 0.310. The smallest absolute Gasteiger partial charge is 0.149 e. The highest BCUT2D eigenvalue weighted by Crippen LogP contribution is 2.27. The molecule has 17 heavy (non-hydrogen) atoms. The van der Waals surface area contributed by atoms with Gasteiger partial charge in [-0.1, -0.05) is 12.1 Å². The second-order valence-corrected chi connectivity index (χ2v) is 3.50. The molecule has 0 aliphatic rings. The molecule has 0 saturated heterocycles. The maximum atomic E-state index is 5.64. The van der Waals surface area contributed by atoms with Crippen molar-refractivity contribution < 1.29 is 4.74 Å². The van der Waals surface area contributed by atoms with Gasteiger partial charge in [-0.2, -0.15) is 0 Å². The topological polar surface area (TPSA) is 86.2 Å². The molecule has 0 radical (unpaired) electrons. The number of benzene rings is 1. The SMILES string of the molecule is COc1ccccc1Nc1ccc(N)c(N)n1. The summed E-state index contributed by atoms with van der Waals surface area (Å²) in [6.07, 6.45) is 0. The van der Waals surface area contributed by atoms with E-state index in [9.17, 15) is 0 Å². The summed E-state index contributed by atoms with van der Waals surface area (Å²) in [5, 5.41) is 3.12. The van der Waals surface area contributed by atoms with Gasteiger partial charge in [-0.25, -0.2) is 4.98 Å². The van der Waals surface area contributed by atoms with Gasteiger partial charge < -0.3 is 21.5 Å². The molecule has 0 unspecified atom stereocenters. The van der Waals surface area contributed by atoms with Crippen LogP contribution < -0.4 is 21.5 Å². The summed E-state index contributed by atoms with van der Waals surface area (Å²) in [7, 11) is 1.62. The van der Waals surface area contributed by atoms with Crippen LogP contribution in [-0.4, -0.2) is 12.1 Å². The van der Waals surface area contributed by atoms with Crippen LogP contribution in [0.5, 0.6) is 5.75 Å². The van der Waals surface area contributed by atoms with E-state index in [1.807, 2.05) is 24.3 Å². The van der Waals surface area contributed by atoms with E-state index in [1.54, 1.807) is 19.2 Å². The molecule has 0 bridgehead atoms. The van der Waals surface area contributed by atoms with E-state index in [4.69, 9.17) is 16.2 Å². The number of ether oxygens (including phenoxy) is 1. The number of nitrogens with zero attached hydrogens (tertiary/aromatic N) is 1. The number of aromatic nitrogens is 1. The van der Waals surface area contributed by atoms with Crippen LogP contribution in [0.15, 0.2) is 36.4 Å². The Labute approximate surface area is 99.4 Å². The summed E-state index contributed by atoms with van der Waals surface area (Å²) in [5.74, 6) is 1.68. The predicted octanol–water partition coefficient (Wildman–Crippen LogP) is 2.00. The number of hydrogen-bond acceptors (Lipinski definition) is 5. The summed E-state index contributed by atoms with van der Waals surface area (Å²) in [6, 6.07) is 11.0. The number of pyridine rings is 1. The molecule has 5 nitrogen and oxygen atoms in total. The normalized spacial score (nSPS) is 9.94. The van der Waals surface area contributed by atoms with Crippen LogP contribution in [0.2, 0.25) is 0 Å². The average Bonchev–Trinajstić information content (AvgIpc) is 2.34. The van der Waals surface area contributed by atoms with Gasteiger partial charge in [0.1, 0.15) is 17.4 Å². The number of hydrogen-bond donors (Lipinski definition) is 3. The highest BCUT2D eigenvalue weighted by Gasteiger charge is 2.04. The fourth-order valence-corrected chi connectivity index (χ4v) is 1.44. The molecule has 5 N–H and O–H groups in total. The van der Waals surface area contributed by atoms with Crippen molar-refractivity contribution in [1.29, 1.82) is 0 Å². The van der Waals surface area contributed by atoms with Crippen LogP contribution in [0.25, 0.3) is 0 Å². The molecule has 0 saturated carbocycles. The molecule has 5 heteroatoms.